The zero-order valence-electron chi connectivity index (χ0n) is 26.9. The van der Waals surface area contributed by atoms with E-state index in [1.807, 2.05) is 23.6 Å². The molecule has 2 aromatic heterocycles. The molecule has 47 heavy (non-hydrogen) atoms. The zero-order chi connectivity index (χ0) is 34.1. The van der Waals surface area contributed by atoms with Gasteiger partial charge in [0.1, 0.15) is 23.4 Å². The first-order chi connectivity index (χ1) is 22.2. The molecule has 2 saturated carbocycles. The predicted octanol–water partition coefficient (Wildman–Crippen LogP) is 2.85. The van der Waals surface area contributed by atoms with Crippen molar-refractivity contribution in [2.75, 3.05) is 20.3 Å². The number of ether oxygens (including phenoxy) is 2. The van der Waals surface area contributed by atoms with Crippen molar-refractivity contribution in [3.63, 3.8) is 0 Å². The van der Waals surface area contributed by atoms with Gasteiger partial charge >= 0.3 is 6.09 Å². The normalized spacial score (nSPS) is 24.5. The lowest BCUT2D eigenvalue weighted by Gasteiger charge is -2.35. The molecule has 0 aromatic carbocycles. The van der Waals surface area contributed by atoms with E-state index in [0.717, 1.165) is 10.6 Å². The molecule has 4 amide bonds. The molecule has 3 heterocycles. The Bertz CT molecular complexity index is 1640. The summed E-state index contributed by atoms with van der Waals surface area (Å²) in [5, 5.41) is 6.72. The number of rotatable bonds is 12. The standard InChI is InChI=1S/C32H41N5O8S2/c1-6-20-16-32(20,29(40)36-47(42,43)22-9-10-22)35-27(38)24-14-19(17-37(24)28(39)26(31(2,3)4)34-30(41)44-5)18-45-21-11-12-33-23(15-21)25-8-7-13-46-25/h6-8,11-13,15,19-20,22,24,26H,1,9-10,14,16-18H2,2-5H3,(H,34,41)(H,35,38)(H,36,40)/t19-,20-,24+,26-,32-/m1/s1. The maximum atomic E-state index is 14.1. The van der Waals surface area contributed by atoms with Gasteiger partial charge in [0.2, 0.25) is 21.8 Å². The van der Waals surface area contributed by atoms with Crippen molar-refractivity contribution in [3.8, 4) is 16.3 Å². The molecule has 254 valence electrons. The fourth-order valence-corrected chi connectivity index (χ4v) is 7.88. The number of nitrogens with one attached hydrogen (secondary N) is 3. The first kappa shape index (κ1) is 34.4. The van der Waals surface area contributed by atoms with Crippen LogP contribution in [0, 0.1) is 17.3 Å². The highest BCUT2D eigenvalue weighted by Gasteiger charge is 2.62. The van der Waals surface area contributed by atoms with Gasteiger partial charge in [-0.05, 0) is 48.6 Å². The van der Waals surface area contributed by atoms with Gasteiger partial charge in [-0.25, -0.2) is 13.2 Å². The van der Waals surface area contributed by atoms with Gasteiger partial charge in [0.25, 0.3) is 5.91 Å². The average molecular weight is 688 g/mol. The maximum absolute atomic E-state index is 14.1. The first-order valence-electron chi connectivity index (χ1n) is 15.5. The maximum Gasteiger partial charge on any atom is 0.407 e. The molecular formula is C32H41N5O8S2. The van der Waals surface area contributed by atoms with Crippen LogP contribution in [0.4, 0.5) is 4.79 Å². The largest absolute Gasteiger partial charge is 0.493 e. The number of alkyl carbamates (subject to hydrolysis) is 1. The molecule has 15 heteroatoms. The van der Waals surface area contributed by atoms with Crippen LogP contribution in [0.3, 0.4) is 0 Å². The summed E-state index contributed by atoms with van der Waals surface area (Å²) < 4.78 is 38.2. The van der Waals surface area contributed by atoms with Crippen molar-refractivity contribution in [2.24, 2.45) is 17.3 Å². The summed E-state index contributed by atoms with van der Waals surface area (Å²) >= 11 is 1.55. The van der Waals surface area contributed by atoms with Gasteiger partial charge in [-0.15, -0.1) is 17.9 Å². The molecule has 0 unspecified atom stereocenters. The molecule has 3 N–H and O–H groups in total. The topological polar surface area (TPSA) is 173 Å². The number of likely N-dealkylation sites (tertiary alicyclic amines) is 1. The second-order valence-corrected chi connectivity index (χ2v) is 16.3. The summed E-state index contributed by atoms with van der Waals surface area (Å²) in [4.78, 5) is 60.5. The van der Waals surface area contributed by atoms with Gasteiger partial charge < -0.3 is 25.0 Å². The molecule has 5 rings (SSSR count). The van der Waals surface area contributed by atoms with Crippen molar-refractivity contribution < 1.29 is 37.1 Å². The Morgan fingerprint density at radius 2 is 1.98 bits per heavy atom. The minimum Gasteiger partial charge on any atom is -0.493 e. The second kappa shape index (κ2) is 13.3. The molecule has 1 aliphatic heterocycles. The Kier molecular flexibility index (Phi) is 9.69. The number of amides is 4. The van der Waals surface area contributed by atoms with Crippen molar-refractivity contribution in [1.29, 1.82) is 0 Å². The lowest BCUT2D eigenvalue weighted by atomic mass is 9.85. The summed E-state index contributed by atoms with van der Waals surface area (Å²) in [6, 6.07) is 5.37. The Morgan fingerprint density at radius 1 is 1.23 bits per heavy atom. The summed E-state index contributed by atoms with van der Waals surface area (Å²) in [5.74, 6) is -2.13. The van der Waals surface area contributed by atoms with Gasteiger partial charge in [0, 0.05) is 30.6 Å². The van der Waals surface area contributed by atoms with E-state index in [0.29, 0.717) is 18.6 Å². The van der Waals surface area contributed by atoms with E-state index in [1.54, 1.807) is 44.4 Å². The van der Waals surface area contributed by atoms with Crippen LogP contribution in [0.1, 0.15) is 46.5 Å². The van der Waals surface area contributed by atoms with Gasteiger partial charge in [-0.3, -0.25) is 24.1 Å². The highest BCUT2D eigenvalue weighted by Crippen LogP contribution is 2.45. The first-order valence-corrected chi connectivity index (χ1v) is 17.9. The molecule has 3 aliphatic rings. The minimum absolute atomic E-state index is 0.134. The van der Waals surface area contributed by atoms with E-state index in [4.69, 9.17) is 9.47 Å². The third-order valence-electron chi connectivity index (χ3n) is 8.77. The van der Waals surface area contributed by atoms with Crippen LogP contribution < -0.4 is 20.1 Å². The molecule has 2 aromatic rings. The van der Waals surface area contributed by atoms with Gasteiger partial charge in [0.05, 0.1) is 29.5 Å². The fourth-order valence-electron chi connectivity index (χ4n) is 5.82. The Labute approximate surface area is 278 Å². The van der Waals surface area contributed by atoms with Crippen molar-refractivity contribution in [2.45, 2.75) is 69.3 Å². The lowest BCUT2D eigenvalue weighted by Crippen LogP contribution is -2.60. The smallest absolute Gasteiger partial charge is 0.407 e. The number of sulfonamides is 1. The van der Waals surface area contributed by atoms with Crippen LogP contribution in [-0.4, -0.2) is 85.3 Å². The molecule has 2 aliphatic carbocycles. The summed E-state index contributed by atoms with van der Waals surface area (Å²) in [6.07, 6.45) is 3.68. The zero-order valence-corrected chi connectivity index (χ0v) is 28.5. The molecular weight excluding hydrogens is 647 g/mol. The number of pyridine rings is 1. The molecule has 13 nitrogen and oxygen atoms in total. The quantitative estimate of drug-likeness (QED) is 0.284. The molecule has 0 bridgehead atoms. The molecule has 3 fully saturated rings. The summed E-state index contributed by atoms with van der Waals surface area (Å²) in [6.45, 7) is 9.40. The summed E-state index contributed by atoms with van der Waals surface area (Å²) in [5.41, 5.74) is -1.50. The number of carbonyl (C=O) groups excluding carboxylic acids is 4. The van der Waals surface area contributed by atoms with Gasteiger partial charge in [-0.2, -0.15) is 0 Å². The highest BCUT2D eigenvalue weighted by atomic mass is 32.2. The van der Waals surface area contributed by atoms with Crippen LogP contribution in [0.15, 0.2) is 48.5 Å². The monoisotopic (exact) mass is 687 g/mol. The number of aromatic nitrogens is 1. The summed E-state index contributed by atoms with van der Waals surface area (Å²) in [7, 11) is -2.67. The minimum atomic E-state index is -3.86. The van der Waals surface area contributed by atoms with E-state index in [9.17, 15) is 27.6 Å². The Morgan fingerprint density at radius 3 is 2.57 bits per heavy atom. The van der Waals surface area contributed by atoms with Gasteiger partial charge in [-0.1, -0.05) is 32.9 Å². The third-order valence-corrected chi connectivity index (χ3v) is 11.5. The number of nitrogens with zero attached hydrogens (tertiary/aromatic N) is 2. The molecule has 0 radical (unpaired) electrons. The van der Waals surface area contributed by atoms with Crippen LogP contribution in [-0.2, 0) is 29.1 Å². The fraction of sp³-hybridized carbons (Fsp3) is 0.531. The van der Waals surface area contributed by atoms with E-state index in [1.165, 1.54) is 18.1 Å². The number of carbonyl (C=O) groups is 4. The number of methoxy groups -OCH3 is 1. The van der Waals surface area contributed by atoms with E-state index in [2.05, 4.69) is 26.9 Å². The highest BCUT2D eigenvalue weighted by molar-refractivity contribution is 7.91. The predicted molar refractivity (Wildman–Crippen MR) is 175 cm³/mol. The average Bonchev–Trinajstić information content (AvgIpc) is 3.89. The van der Waals surface area contributed by atoms with Crippen molar-refractivity contribution >= 4 is 45.2 Å². The number of thiophene rings is 1. The van der Waals surface area contributed by atoms with Crippen LogP contribution in [0.25, 0.3) is 10.6 Å². The lowest BCUT2D eigenvalue weighted by molar-refractivity contribution is -0.142. The number of hydrogen-bond acceptors (Lipinski definition) is 10. The van der Waals surface area contributed by atoms with Gasteiger partial charge in [0.15, 0.2) is 0 Å². The molecule has 1 saturated heterocycles. The second-order valence-electron chi connectivity index (χ2n) is 13.4. The number of hydrogen-bond donors (Lipinski definition) is 3. The Hall–Kier alpha value is -3.98. The Balaban J connectivity index is 1.36. The van der Waals surface area contributed by atoms with Crippen LogP contribution >= 0.6 is 11.3 Å². The van der Waals surface area contributed by atoms with Crippen molar-refractivity contribution in [3.05, 3.63) is 48.5 Å². The van der Waals surface area contributed by atoms with Crippen LogP contribution in [0.2, 0.25) is 0 Å². The molecule has 0 spiro atoms. The third kappa shape index (κ3) is 7.61. The van der Waals surface area contributed by atoms with E-state index in [-0.39, 0.29) is 31.9 Å². The van der Waals surface area contributed by atoms with Crippen molar-refractivity contribution in [1.82, 2.24) is 25.2 Å². The molecule has 5 atom stereocenters. The SMILES string of the molecule is C=C[C@@H]1C[C@]1(NC(=O)[C@@H]1C[C@@H](COc2ccnc(-c3cccs3)c2)CN1C(=O)[C@@H](NC(=O)OC)C(C)(C)C)C(=O)NS(=O)(=O)C1CC1. The van der Waals surface area contributed by atoms with E-state index < -0.39 is 68.0 Å². The van der Waals surface area contributed by atoms with Crippen LogP contribution in [0.5, 0.6) is 5.75 Å². The van der Waals surface area contributed by atoms with E-state index >= 15 is 0 Å².